The zero-order valence-electron chi connectivity index (χ0n) is 17.9. The fourth-order valence-electron chi connectivity index (χ4n) is 2.55. The van der Waals surface area contributed by atoms with Crippen molar-refractivity contribution in [3.8, 4) is 0 Å². The molecule has 0 atom stereocenters. The van der Waals surface area contributed by atoms with E-state index >= 15 is 0 Å². The Morgan fingerprint density at radius 3 is 2.15 bits per heavy atom. The molecule has 0 radical (unpaired) electrons. The maximum atomic E-state index is 12.0. The number of aryl methyl sites for hydroxylation is 1. The molecule has 5 nitrogen and oxygen atoms in total. The molecular weight excluding hydrogens is 328 g/mol. The molecule has 1 aliphatic rings. The zero-order valence-corrected chi connectivity index (χ0v) is 17.9. The van der Waals surface area contributed by atoms with E-state index in [1.807, 2.05) is 73.7 Å². The minimum Gasteiger partial charge on any atom is -0.444 e. The SMILES string of the molecule is CC.CC.Cc1ccc(CC2(O)CCN(C(=O)OC(C)(C)C)CC2)nc1. The summed E-state index contributed by atoms with van der Waals surface area (Å²) in [6.07, 6.45) is 3.12. The van der Waals surface area contributed by atoms with Gasteiger partial charge in [-0.05, 0) is 52.2 Å². The normalized spacial score (nSPS) is 15.8. The van der Waals surface area contributed by atoms with Crippen LogP contribution in [0.15, 0.2) is 18.3 Å². The van der Waals surface area contributed by atoms with Crippen LogP contribution in [0, 0.1) is 6.92 Å². The maximum absolute atomic E-state index is 12.0. The lowest BCUT2D eigenvalue weighted by molar-refractivity contribution is -0.0319. The number of carbonyl (C=O) groups is 1. The minimum absolute atomic E-state index is 0.303. The second-order valence-corrected chi connectivity index (χ2v) is 7.20. The summed E-state index contributed by atoms with van der Waals surface area (Å²) in [5.41, 5.74) is 0.714. The number of carbonyl (C=O) groups excluding carboxylic acids is 1. The topological polar surface area (TPSA) is 62.7 Å². The van der Waals surface area contributed by atoms with Gasteiger partial charge in [0.2, 0.25) is 0 Å². The smallest absolute Gasteiger partial charge is 0.410 e. The van der Waals surface area contributed by atoms with Crippen LogP contribution in [0.4, 0.5) is 4.79 Å². The average molecular weight is 367 g/mol. The molecule has 1 aliphatic heterocycles. The molecule has 150 valence electrons. The van der Waals surface area contributed by atoms with Crippen LogP contribution in [-0.4, -0.2) is 45.4 Å². The van der Waals surface area contributed by atoms with E-state index in [0.717, 1.165) is 11.3 Å². The van der Waals surface area contributed by atoms with E-state index in [1.54, 1.807) is 4.90 Å². The van der Waals surface area contributed by atoms with Crippen LogP contribution < -0.4 is 0 Å². The summed E-state index contributed by atoms with van der Waals surface area (Å²) in [5.74, 6) is 0. The number of hydrogen-bond donors (Lipinski definition) is 1. The lowest BCUT2D eigenvalue weighted by Crippen LogP contribution is -2.49. The minimum atomic E-state index is -0.791. The first-order valence-corrected chi connectivity index (χ1v) is 9.79. The van der Waals surface area contributed by atoms with E-state index in [4.69, 9.17) is 4.74 Å². The second kappa shape index (κ2) is 11.2. The van der Waals surface area contributed by atoms with Gasteiger partial charge in [0.25, 0.3) is 0 Å². The van der Waals surface area contributed by atoms with Crippen molar-refractivity contribution in [1.29, 1.82) is 0 Å². The van der Waals surface area contributed by atoms with Gasteiger partial charge in [0.05, 0.1) is 5.60 Å². The van der Waals surface area contributed by atoms with Gasteiger partial charge in [0, 0.05) is 31.4 Å². The second-order valence-electron chi connectivity index (χ2n) is 7.20. The van der Waals surface area contributed by atoms with E-state index in [0.29, 0.717) is 32.4 Å². The van der Waals surface area contributed by atoms with Crippen molar-refractivity contribution in [1.82, 2.24) is 9.88 Å². The van der Waals surface area contributed by atoms with Crippen molar-refractivity contribution in [2.45, 2.75) is 85.9 Å². The van der Waals surface area contributed by atoms with Crippen LogP contribution in [-0.2, 0) is 11.2 Å². The highest BCUT2D eigenvalue weighted by Gasteiger charge is 2.35. The number of piperidine rings is 1. The first-order chi connectivity index (χ1) is 12.2. The first-order valence-electron chi connectivity index (χ1n) is 9.79. The molecule has 0 unspecified atom stereocenters. The van der Waals surface area contributed by atoms with E-state index in [9.17, 15) is 9.90 Å². The van der Waals surface area contributed by atoms with Crippen LogP contribution in [0.1, 0.15) is 72.6 Å². The molecule has 0 aromatic carbocycles. The fourth-order valence-corrected chi connectivity index (χ4v) is 2.55. The molecule has 26 heavy (non-hydrogen) atoms. The predicted molar refractivity (Wildman–Crippen MR) is 107 cm³/mol. The van der Waals surface area contributed by atoms with Crippen molar-refractivity contribution >= 4 is 6.09 Å². The van der Waals surface area contributed by atoms with Crippen LogP contribution in [0.25, 0.3) is 0 Å². The van der Waals surface area contributed by atoms with Gasteiger partial charge in [-0.3, -0.25) is 4.98 Å². The van der Waals surface area contributed by atoms with E-state index < -0.39 is 11.2 Å². The number of rotatable bonds is 2. The number of aromatic nitrogens is 1. The monoisotopic (exact) mass is 366 g/mol. The van der Waals surface area contributed by atoms with Crippen molar-refractivity contribution < 1.29 is 14.6 Å². The van der Waals surface area contributed by atoms with Crippen LogP contribution in [0.3, 0.4) is 0 Å². The molecule has 5 heteroatoms. The van der Waals surface area contributed by atoms with Gasteiger partial charge in [0.15, 0.2) is 0 Å². The van der Waals surface area contributed by atoms with Gasteiger partial charge in [-0.1, -0.05) is 33.8 Å². The number of amides is 1. The van der Waals surface area contributed by atoms with Crippen molar-refractivity contribution in [3.63, 3.8) is 0 Å². The molecule has 1 fully saturated rings. The highest BCUT2D eigenvalue weighted by molar-refractivity contribution is 5.68. The Kier molecular flexibility index (Phi) is 10.5. The number of nitrogens with zero attached hydrogens (tertiary/aromatic N) is 2. The fraction of sp³-hybridized carbons (Fsp3) is 0.714. The third kappa shape index (κ3) is 8.65. The molecule has 1 amide bonds. The van der Waals surface area contributed by atoms with Gasteiger partial charge in [-0.15, -0.1) is 0 Å². The number of pyridine rings is 1. The summed E-state index contributed by atoms with van der Waals surface area (Å²) in [7, 11) is 0. The zero-order chi connectivity index (χ0) is 20.4. The van der Waals surface area contributed by atoms with Gasteiger partial charge in [-0.25, -0.2) is 4.79 Å². The summed E-state index contributed by atoms with van der Waals surface area (Å²) < 4.78 is 5.37. The van der Waals surface area contributed by atoms with E-state index in [1.165, 1.54) is 0 Å². The number of hydrogen-bond acceptors (Lipinski definition) is 4. The third-order valence-corrected chi connectivity index (χ3v) is 3.83. The Balaban J connectivity index is 0.00000146. The van der Waals surface area contributed by atoms with Gasteiger partial charge < -0.3 is 14.7 Å². The molecule has 0 saturated carbocycles. The van der Waals surface area contributed by atoms with Crippen molar-refractivity contribution in [2.75, 3.05) is 13.1 Å². The lowest BCUT2D eigenvalue weighted by Gasteiger charge is -2.38. The largest absolute Gasteiger partial charge is 0.444 e. The highest BCUT2D eigenvalue weighted by Crippen LogP contribution is 2.26. The van der Waals surface area contributed by atoms with Crippen LogP contribution in [0.2, 0.25) is 0 Å². The summed E-state index contributed by atoms with van der Waals surface area (Å²) >= 11 is 0. The average Bonchev–Trinajstić information content (AvgIpc) is 2.59. The van der Waals surface area contributed by atoms with Crippen LogP contribution >= 0.6 is 0 Å². The van der Waals surface area contributed by atoms with Crippen molar-refractivity contribution in [2.24, 2.45) is 0 Å². The van der Waals surface area contributed by atoms with Gasteiger partial charge >= 0.3 is 6.09 Å². The Bertz CT molecular complexity index is 513. The number of ether oxygens (including phenoxy) is 1. The van der Waals surface area contributed by atoms with Crippen molar-refractivity contribution in [3.05, 3.63) is 29.6 Å². The van der Waals surface area contributed by atoms with E-state index in [2.05, 4.69) is 4.98 Å². The van der Waals surface area contributed by atoms with Crippen LogP contribution in [0.5, 0.6) is 0 Å². The molecule has 0 bridgehead atoms. The number of aliphatic hydroxyl groups is 1. The Morgan fingerprint density at radius 2 is 1.73 bits per heavy atom. The quantitative estimate of drug-likeness (QED) is 0.820. The third-order valence-electron chi connectivity index (χ3n) is 3.83. The molecule has 0 aliphatic carbocycles. The van der Waals surface area contributed by atoms with Gasteiger partial charge in [-0.2, -0.15) is 0 Å². The number of likely N-dealkylation sites (tertiary alicyclic amines) is 1. The molecule has 1 N–H and O–H groups in total. The molecule has 0 spiro atoms. The molecule has 2 heterocycles. The van der Waals surface area contributed by atoms with Gasteiger partial charge in [0.1, 0.15) is 5.60 Å². The lowest BCUT2D eigenvalue weighted by atomic mass is 9.87. The summed E-state index contributed by atoms with van der Waals surface area (Å²) in [6.45, 7) is 16.6. The Morgan fingerprint density at radius 1 is 1.19 bits per heavy atom. The maximum Gasteiger partial charge on any atom is 0.410 e. The summed E-state index contributed by atoms with van der Waals surface area (Å²) in [5, 5.41) is 10.7. The summed E-state index contributed by atoms with van der Waals surface area (Å²) in [4.78, 5) is 18.1. The molecule has 1 saturated heterocycles. The Hall–Kier alpha value is -1.62. The molecular formula is C21H38N2O3. The molecule has 2 rings (SSSR count). The van der Waals surface area contributed by atoms with E-state index in [-0.39, 0.29) is 6.09 Å². The molecule has 1 aromatic heterocycles. The highest BCUT2D eigenvalue weighted by atomic mass is 16.6. The Labute approximate surface area is 159 Å². The summed E-state index contributed by atoms with van der Waals surface area (Å²) in [6, 6.07) is 3.95. The predicted octanol–water partition coefficient (Wildman–Crippen LogP) is 4.75. The first kappa shape index (κ1) is 24.4. The standard InChI is InChI=1S/C17H26N2O3.2C2H6/c1-13-5-6-14(18-12-13)11-17(21)7-9-19(10-8-17)15(20)22-16(2,3)4;2*1-2/h5-6,12,21H,7-11H2,1-4H3;2*1-2H3. The molecule has 1 aromatic rings.